The molecule has 0 radical (unpaired) electrons. The van der Waals surface area contributed by atoms with Gasteiger partial charge in [-0.05, 0) is 12.1 Å². The first-order valence-corrected chi connectivity index (χ1v) is 4.07. The molecule has 0 saturated heterocycles. The summed E-state index contributed by atoms with van der Waals surface area (Å²) in [6, 6.07) is 2.70. The van der Waals surface area contributed by atoms with Gasteiger partial charge in [-0.25, -0.2) is 13.2 Å². The highest BCUT2D eigenvalue weighted by Crippen LogP contribution is 2.29. The van der Waals surface area contributed by atoms with Crippen molar-refractivity contribution in [2.75, 3.05) is 0 Å². The summed E-state index contributed by atoms with van der Waals surface area (Å²) in [4.78, 5) is 3.53. The minimum atomic E-state index is -1.41. The average Bonchev–Trinajstić information content (AvgIpc) is 2.23. The fourth-order valence-electron chi connectivity index (χ4n) is 1.17. The number of fused-ring (bicyclic) bond motifs is 1. The largest absolute Gasteiger partial charge is 0.253 e. The zero-order chi connectivity index (χ0) is 10.3. The summed E-state index contributed by atoms with van der Waals surface area (Å²) in [6.45, 7) is 0. The Morgan fingerprint density at radius 2 is 1.79 bits per heavy atom. The summed E-state index contributed by atoms with van der Waals surface area (Å²) in [5, 5.41) is -0.973. The normalized spacial score (nSPS) is 10.9. The van der Waals surface area contributed by atoms with Crippen LogP contribution in [0, 0.1) is 17.5 Å². The van der Waals surface area contributed by atoms with Gasteiger partial charge in [-0.2, -0.15) is 0 Å². The Bertz CT molecular complexity index is 466. The van der Waals surface area contributed by atoms with E-state index in [1.165, 1.54) is 18.3 Å². The van der Waals surface area contributed by atoms with Gasteiger partial charge < -0.3 is 0 Å². The first-order chi connectivity index (χ1) is 6.63. The summed E-state index contributed by atoms with van der Waals surface area (Å²) in [7, 11) is 0. The minimum absolute atomic E-state index is 0.128. The molecule has 0 spiro atoms. The lowest BCUT2D eigenvalue weighted by Crippen LogP contribution is -1.95. The van der Waals surface area contributed by atoms with Crippen molar-refractivity contribution in [3.05, 3.63) is 40.8 Å². The van der Waals surface area contributed by atoms with Crippen LogP contribution in [0.5, 0.6) is 0 Å². The zero-order valence-electron chi connectivity index (χ0n) is 6.69. The van der Waals surface area contributed by atoms with Crippen molar-refractivity contribution in [1.82, 2.24) is 4.98 Å². The van der Waals surface area contributed by atoms with Crippen LogP contribution >= 0.6 is 11.6 Å². The third kappa shape index (κ3) is 1.14. The van der Waals surface area contributed by atoms with E-state index in [4.69, 9.17) is 11.6 Å². The van der Waals surface area contributed by atoms with Gasteiger partial charge in [0.25, 0.3) is 0 Å². The van der Waals surface area contributed by atoms with Crippen molar-refractivity contribution in [2.45, 2.75) is 0 Å². The van der Waals surface area contributed by atoms with E-state index >= 15 is 0 Å². The van der Waals surface area contributed by atoms with Crippen LogP contribution < -0.4 is 0 Å². The Labute approximate surface area is 82.1 Å². The van der Waals surface area contributed by atoms with E-state index in [9.17, 15) is 13.2 Å². The number of nitrogens with zero attached hydrogens (tertiary/aromatic N) is 1. The van der Waals surface area contributed by atoms with E-state index in [0.717, 1.165) is 0 Å². The molecule has 0 aliphatic rings. The van der Waals surface area contributed by atoms with Crippen molar-refractivity contribution in [3.8, 4) is 0 Å². The topological polar surface area (TPSA) is 12.9 Å². The zero-order valence-corrected chi connectivity index (χ0v) is 7.45. The Morgan fingerprint density at radius 1 is 1.07 bits per heavy atom. The standard InChI is InChI=1S/C9H3ClF3N/c10-5-6(11)4-2-1-3-14-9(4)8(13)7(5)12/h1-3H. The number of rotatable bonds is 0. The second kappa shape index (κ2) is 3.13. The number of halogens is 4. The van der Waals surface area contributed by atoms with E-state index in [0.29, 0.717) is 0 Å². The van der Waals surface area contributed by atoms with E-state index in [1.54, 1.807) is 0 Å². The number of benzene rings is 1. The van der Waals surface area contributed by atoms with E-state index in [1.807, 2.05) is 0 Å². The summed E-state index contributed by atoms with van der Waals surface area (Å²) >= 11 is 5.24. The van der Waals surface area contributed by atoms with Crippen LogP contribution in [0.3, 0.4) is 0 Å². The molecule has 0 bridgehead atoms. The molecule has 1 aromatic carbocycles. The van der Waals surface area contributed by atoms with Crippen LogP contribution in [0.15, 0.2) is 18.3 Å². The second-order valence-corrected chi connectivity index (χ2v) is 3.03. The monoisotopic (exact) mass is 217 g/mol. The second-order valence-electron chi connectivity index (χ2n) is 2.66. The fraction of sp³-hybridized carbons (Fsp3) is 0. The number of hydrogen-bond acceptors (Lipinski definition) is 1. The molecule has 0 atom stereocenters. The van der Waals surface area contributed by atoms with Crippen LogP contribution in [0.25, 0.3) is 10.9 Å². The van der Waals surface area contributed by atoms with Crippen molar-refractivity contribution < 1.29 is 13.2 Å². The minimum Gasteiger partial charge on any atom is -0.253 e. The Balaban J connectivity index is 3.02. The quantitative estimate of drug-likeness (QED) is 0.487. The molecule has 0 unspecified atom stereocenters. The average molecular weight is 218 g/mol. The molecule has 5 heteroatoms. The smallest absolute Gasteiger partial charge is 0.186 e. The molecule has 2 rings (SSSR count). The van der Waals surface area contributed by atoms with Gasteiger partial charge in [0.15, 0.2) is 17.5 Å². The molecule has 0 saturated carbocycles. The molecule has 1 nitrogen and oxygen atoms in total. The van der Waals surface area contributed by atoms with Crippen LogP contribution in [0.4, 0.5) is 13.2 Å². The molecule has 0 aliphatic carbocycles. The van der Waals surface area contributed by atoms with Crippen LogP contribution in [0.1, 0.15) is 0 Å². The van der Waals surface area contributed by atoms with Crippen molar-refractivity contribution in [3.63, 3.8) is 0 Å². The summed E-state index contributed by atoms with van der Waals surface area (Å²) in [5.41, 5.74) is -0.355. The molecule has 0 amide bonds. The molecule has 2 aromatic rings. The third-order valence-corrected chi connectivity index (χ3v) is 2.16. The highest BCUT2D eigenvalue weighted by molar-refractivity contribution is 6.31. The van der Waals surface area contributed by atoms with Gasteiger partial charge in [0.2, 0.25) is 0 Å². The number of pyridine rings is 1. The molecular formula is C9H3ClF3N. The van der Waals surface area contributed by atoms with Gasteiger partial charge in [-0.1, -0.05) is 11.6 Å². The van der Waals surface area contributed by atoms with Gasteiger partial charge >= 0.3 is 0 Å². The highest BCUT2D eigenvalue weighted by atomic mass is 35.5. The molecule has 0 aliphatic heterocycles. The first kappa shape index (κ1) is 9.27. The van der Waals surface area contributed by atoms with Crippen LogP contribution in [0.2, 0.25) is 5.02 Å². The summed E-state index contributed by atoms with van der Waals surface area (Å²) in [6.07, 6.45) is 1.25. The van der Waals surface area contributed by atoms with Gasteiger partial charge in [-0.3, -0.25) is 4.98 Å². The van der Waals surface area contributed by atoms with E-state index in [2.05, 4.69) is 4.98 Å². The van der Waals surface area contributed by atoms with Crippen molar-refractivity contribution >= 4 is 22.5 Å². The van der Waals surface area contributed by atoms with Crippen LogP contribution in [-0.2, 0) is 0 Å². The van der Waals surface area contributed by atoms with E-state index < -0.39 is 22.5 Å². The van der Waals surface area contributed by atoms with E-state index in [-0.39, 0.29) is 10.9 Å². The molecule has 14 heavy (non-hydrogen) atoms. The molecule has 0 fully saturated rings. The molecule has 72 valence electrons. The Hall–Kier alpha value is -1.29. The lowest BCUT2D eigenvalue weighted by Gasteiger charge is -2.03. The SMILES string of the molecule is Fc1c(Cl)c(F)c2cccnc2c1F. The molecule has 1 aromatic heterocycles. The lowest BCUT2D eigenvalue weighted by atomic mass is 10.2. The summed E-state index contributed by atoms with van der Waals surface area (Å²) in [5.74, 6) is -3.63. The maximum Gasteiger partial charge on any atom is 0.186 e. The van der Waals surface area contributed by atoms with Crippen LogP contribution in [-0.4, -0.2) is 4.98 Å². The van der Waals surface area contributed by atoms with Gasteiger partial charge in [0.1, 0.15) is 10.5 Å². The molecule has 0 N–H and O–H groups in total. The maximum atomic E-state index is 13.3. The van der Waals surface area contributed by atoms with Crippen molar-refractivity contribution in [2.24, 2.45) is 0 Å². The molecular weight excluding hydrogens is 215 g/mol. The third-order valence-electron chi connectivity index (χ3n) is 1.83. The Kier molecular flexibility index (Phi) is 2.07. The number of aromatic nitrogens is 1. The lowest BCUT2D eigenvalue weighted by molar-refractivity contribution is 0.504. The van der Waals surface area contributed by atoms with Gasteiger partial charge in [0.05, 0.1) is 0 Å². The first-order valence-electron chi connectivity index (χ1n) is 3.69. The number of hydrogen-bond donors (Lipinski definition) is 0. The fourth-order valence-corrected chi connectivity index (χ4v) is 1.36. The molecule has 1 heterocycles. The predicted molar refractivity (Wildman–Crippen MR) is 46.6 cm³/mol. The maximum absolute atomic E-state index is 13.3. The highest BCUT2D eigenvalue weighted by Gasteiger charge is 2.18. The Morgan fingerprint density at radius 3 is 2.50 bits per heavy atom. The predicted octanol–water partition coefficient (Wildman–Crippen LogP) is 3.31. The van der Waals surface area contributed by atoms with Gasteiger partial charge in [-0.15, -0.1) is 0 Å². The van der Waals surface area contributed by atoms with Gasteiger partial charge in [0, 0.05) is 11.6 Å². The van der Waals surface area contributed by atoms with Crippen molar-refractivity contribution in [1.29, 1.82) is 0 Å². The summed E-state index contributed by atoms with van der Waals surface area (Å²) < 4.78 is 39.3.